The molecule has 1 amide bonds. The van der Waals surface area contributed by atoms with Gasteiger partial charge in [0, 0.05) is 10.3 Å². The molecule has 9 nitrogen and oxygen atoms in total. The summed E-state index contributed by atoms with van der Waals surface area (Å²) in [5.41, 5.74) is 0.249. The summed E-state index contributed by atoms with van der Waals surface area (Å²) in [6.45, 7) is 10.6. The van der Waals surface area contributed by atoms with Crippen LogP contribution >= 0.6 is 11.3 Å². The molecule has 0 saturated heterocycles. The van der Waals surface area contributed by atoms with E-state index in [9.17, 15) is 19.2 Å². The van der Waals surface area contributed by atoms with Crippen molar-refractivity contribution in [2.75, 3.05) is 11.9 Å². The van der Waals surface area contributed by atoms with Gasteiger partial charge in [-0.1, -0.05) is 20.8 Å². The number of anilines is 1. The summed E-state index contributed by atoms with van der Waals surface area (Å²) in [5.74, 6) is -1.57. The summed E-state index contributed by atoms with van der Waals surface area (Å²) in [6.07, 6.45) is 2.37. The van der Waals surface area contributed by atoms with Crippen LogP contribution in [-0.2, 0) is 32.5 Å². The van der Waals surface area contributed by atoms with E-state index in [0.29, 0.717) is 16.4 Å². The lowest BCUT2D eigenvalue weighted by atomic mass is 9.95. The van der Waals surface area contributed by atoms with Crippen LogP contribution in [-0.4, -0.2) is 40.5 Å². The fourth-order valence-electron chi connectivity index (χ4n) is 3.74. The van der Waals surface area contributed by atoms with Crippen molar-refractivity contribution < 1.29 is 23.9 Å². The standard InChI is InChI=1S/C24H31N3O6S/c1-7-32-21(30)17-14-10-8-9-11-15(14)34-20(17)26-18(28)13(3)33-22(31)16-12(2)25-23(24(4,5)6)27-19(16)29/h13H,7-11H2,1-6H3,(H,26,28)(H,25,27,29)/t13-/m0/s1. The Labute approximate surface area is 202 Å². The van der Waals surface area contributed by atoms with Crippen molar-refractivity contribution in [2.45, 2.75) is 78.7 Å². The van der Waals surface area contributed by atoms with Gasteiger partial charge in [-0.3, -0.25) is 9.59 Å². The van der Waals surface area contributed by atoms with Crippen LogP contribution in [0.15, 0.2) is 4.79 Å². The SMILES string of the molecule is CCOC(=O)c1c(NC(=O)[C@H](C)OC(=O)c2c(C)nc(C(C)(C)C)[nH]c2=O)sc2c1CCCC2. The van der Waals surface area contributed by atoms with Crippen LogP contribution in [0.2, 0.25) is 0 Å². The van der Waals surface area contributed by atoms with Crippen molar-refractivity contribution in [3.8, 4) is 0 Å². The van der Waals surface area contributed by atoms with Crippen LogP contribution < -0.4 is 10.9 Å². The molecule has 0 bridgehead atoms. The highest BCUT2D eigenvalue weighted by atomic mass is 32.1. The van der Waals surface area contributed by atoms with Gasteiger partial charge in [0.2, 0.25) is 0 Å². The topological polar surface area (TPSA) is 127 Å². The Hall–Kier alpha value is -3.01. The largest absolute Gasteiger partial charge is 0.462 e. The Bertz CT molecular complexity index is 1170. The zero-order valence-corrected chi connectivity index (χ0v) is 21.2. The van der Waals surface area contributed by atoms with E-state index in [-0.39, 0.29) is 17.9 Å². The number of hydrogen-bond donors (Lipinski definition) is 2. The van der Waals surface area contributed by atoms with Gasteiger partial charge < -0.3 is 19.8 Å². The van der Waals surface area contributed by atoms with Crippen LogP contribution in [0.1, 0.15) is 90.1 Å². The minimum Gasteiger partial charge on any atom is -0.462 e. The van der Waals surface area contributed by atoms with E-state index in [1.54, 1.807) is 13.8 Å². The van der Waals surface area contributed by atoms with Crippen molar-refractivity contribution >= 4 is 34.2 Å². The summed E-state index contributed by atoms with van der Waals surface area (Å²) in [6, 6.07) is 0. The second-order valence-electron chi connectivity index (χ2n) is 9.30. The predicted molar refractivity (Wildman–Crippen MR) is 129 cm³/mol. The number of hydrogen-bond acceptors (Lipinski definition) is 8. The molecule has 0 fully saturated rings. The quantitative estimate of drug-likeness (QED) is 0.593. The Kier molecular flexibility index (Phi) is 7.60. The fourth-order valence-corrected chi connectivity index (χ4v) is 5.02. The number of aromatic amines is 1. The van der Waals surface area contributed by atoms with E-state index in [0.717, 1.165) is 36.1 Å². The third kappa shape index (κ3) is 5.38. The molecular formula is C24H31N3O6S. The first-order valence-corrected chi connectivity index (χ1v) is 12.2. The molecule has 2 heterocycles. The first-order valence-electron chi connectivity index (χ1n) is 11.4. The summed E-state index contributed by atoms with van der Waals surface area (Å²) < 4.78 is 10.5. The maximum Gasteiger partial charge on any atom is 0.346 e. The highest BCUT2D eigenvalue weighted by Gasteiger charge is 2.30. The lowest BCUT2D eigenvalue weighted by Gasteiger charge is -2.18. The molecule has 1 aliphatic carbocycles. The average molecular weight is 490 g/mol. The molecule has 1 atom stereocenters. The minimum absolute atomic E-state index is 0.223. The van der Waals surface area contributed by atoms with Gasteiger partial charge in [0.15, 0.2) is 6.10 Å². The summed E-state index contributed by atoms with van der Waals surface area (Å²) >= 11 is 1.35. The maximum atomic E-state index is 12.8. The highest BCUT2D eigenvalue weighted by Crippen LogP contribution is 2.38. The number of ether oxygens (including phenoxy) is 2. The number of nitrogens with one attached hydrogen (secondary N) is 2. The third-order valence-electron chi connectivity index (χ3n) is 5.56. The number of fused-ring (bicyclic) bond motifs is 1. The Morgan fingerprint density at radius 2 is 1.82 bits per heavy atom. The van der Waals surface area contributed by atoms with Gasteiger partial charge >= 0.3 is 11.9 Å². The number of aromatic nitrogens is 2. The first kappa shape index (κ1) is 25.6. The molecule has 2 aromatic heterocycles. The van der Waals surface area contributed by atoms with Gasteiger partial charge in [-0.2, -0.15) is 0 Å². The number of amides is 1. The van der Waals surface area contributed by atoms with Crippen LogP contribution in [0.3, 0.4) is 0 Å². The zero-order chi connectivity index (χ0) is 25.2. The number of rotatable bonds is 6. The van der Waals surface area contributed by atoms with Crippen LogP contribution in [0, 0.1) is 6.92 Å². The number of aryl methyl sites for hydroxylation is 2. The molecule has 0 aliphatic heterocycles. The van der Waals surface area contributed by atoms with Gasteiger partial charge in [0.1, 0.15) is 16.4 Å². The molecular weight excluding hydrogens is 458 g/mol. The average Bonchev–Trinajstić information content (AvgIpc) is 3.10. The van der Waals surface area contributed by atoms with E-state index in [4.69, 9.17) is 9.47 Å². The van der Waals surface area contributed by atoms with Crippen molar-refractivity contribution in [2.24, 2.45) is 0 Å². The lowest BCUT2D eigenvalue weighted by molar-refractivity contribution is -0.123. The van der Waals surface area contributed by atoms with E-state index in [1.807, 2.05) is 20.8 Å². The maximum absolute atomic E-state index is 12.8. The molecule has 10 heteroatoms. The number of carbonyl (C=O) groups excluding carboxylic acids is 3. The Balaban J connectivity index is 1.79. The predicted octanol–water partition coefficient (Wildman–Crippen LogP) is 3.68. The summed E-state index contributed by atoms with van der Waals surface area (Å²) in [5, 5.41) is 3.11. The third-order valence-corrected chi connectivity index (χ3v) is 6.76. The molecule has 184 valence electrons. The minimum atomic E-state index is -1.21. The van der Waals surface area contributed by atoms with Gasteiger partial charge in [0.05, 0.1) is 17.9 Å². The monoisotopic (exact) mass is 489 g/mol. The normalized spacial score (nSPS) is 14.2. The molecule has 3 rings (SSSR count). The summed E-state index contributed by atoms with van der Waals surface area (Å²) in [7, 11) is 0. The fraction of sp³-hybridized carbons (Fsp3) is 0.542. The van der Waals surface area contributed by atoms with Crippen molar-refractivity contribution in [3.63, 3.8) is 0 Å². The van der Waals surface area contributed by atoms with Gasteiger partial charge in [-0.25, -0.2) is 14.6 Å². The molecule has 0 unspecified atom stereocenters. The first-order chi connectivity index (χ1) is 15.9. The number of nitrogens with zero attached hydrogens (tertiary/aromatic N) is 1. The molecule has 0 radical (unpaired) electrons. The van der Waals surface area contributed by atoms with Crippen molar-refractivity contribution in [1.29, 1.82) is 0 Å². The van der Waals surface area contributed by atoms with Gasteiger partial charge in [-0.05, 0) is 52.0 Å². The van der Waals surface area contributed by atoms with E-state index < -0.39 is 34.9 Å². The second kappa shape index (κ2) is 10.1. The molecule has 1 aliphatic rings. The van der Waals surface area contributed by atoms with Crippen LogP contribution in [0.4, 0.5) is 5.00 Å². The van der Waals surface area contributed by atoms with Crippen molar-refractivity contribution in [3.05, 3.63) is 43.4 Å². The highest BCUT2D eigenvalue weighted by molar-refractivity contribution is 7.17. The summed E-state index contributed by atoms with van der Waals surface area (Å²) in [4.78, 5) is 58.7. The molecule has 0 spiro atoms. The lowest BCUT2D eigenvalue weighted by Crippen LogP contribution is -2.34. The van der Waals surface area contributed by atoms with Crippen LogP contribution in [0.25, 0.3) is 0 Å². The molecule has 0 aromatic carbocycles. The van der Waals surface area contributed by atoms with Gasteiger partial charge in [-0.15, -0.1) is 11.3 Å². The molecule has 0 saturated carbocycles. The zero-order valence-electron chi connectivity index (χ0n) is 20.4. The number of thiophene rings is 1. The van der Waals surface area contributed by atoms with E-state index in [2.05, 4.69) is 15.3 Å². The van der Waals surface area contributed by atoms with Crippen molar-refractivity contribution in [1.82, 2.24) is 9.97 Å². The van der Waals surface area contributed by atoms with E-state index in [1.165, 1.54) is 18.3 Å². The number of H-pyrrole nitrogens is 1. The smallest absolute Gasteiger partial charge is 0.346 e. The van der Waals surface area contributed by atoms with Crippen LogP contribution in [0.5, 0.6) is 0 Å². The van der Waals surface area contributed by atoms with Gasteiger partial charge in [0.25, 0.3) is 11.5 Å². The Morgan fingerprint density at radius 3 is 2.44 bits per heavy atom. The number of esters is 2. The Morgan fingerprint density at radius 1 is 1.15 bits per heavy atom. The molecule has 2 N–H and O–H groups in total. The molecule has 34 heavy (non-hydrogen) atoms. The molecule has 2 aromatic rings. The second-order valence-corrected chi connectivity index (χ2v) is 10.4. The van der Waals surface area contributed by atoms with E-state index >= 15 is 0 Å². The number of carbonyl (C=O) groups is 3.